The molecule has 0 bridgehead atoms. The average molecular weight is 262 g/mol. The third-order valence-electron chi connectivity index (χ3n) is 3.73. The summed E-state index contributed by atoms with van der Waals surface area (Å²) in [6, 6.07) is 8.70. The maximum atomic E-state index is 11.5. The highest BCUT2D eigenvalue weighted by molar-refractivity contribution is 5.89. The first-order valence-corrected chi connectivity index (χ1v) is 6.75. The Morgan fingerprint density at radius 3 is 2.68 bits per heavy atom. The molecular weight excluding hydrogens is 240 g/mol. The third kappa shape index (κ3) is 3.33. The summed E-state index contributed by atoms with van der Waals surface area (Å²) in [7, 11) is 1.41. The molecule has 0 radical (unpaired) electrons. The number of esters is 1. The van der Waals surface area contributed by atoms with Crippen molar-refractivity contribution in [2.24, 2.45) is 0 Å². The van der Waals surface area contributed by atoms with Gasteiger partial charge in [0, 0.05) is 31.7 Å². The van der Waals surface area contributed by atoms with Crippen LogP contribution in [0.4, 0.5) is 0 Å². The van der Waals surface area contributed by atoms with E-state index in [0.29, 0.717) is 17.6 Å². The monoisotopic (exact) mass is 262 g/mol. The molecule has 0 unspecified atom stereocenters. The first-order valence-electron chi connectivity index (χ1n) is 6.75. The number of piperazine rings is 1. The fraction of sp³-hybridized carbons (Fsp3) is 0.533. The lowest BCUT2D eigenvalue weighted by atomic mass is 10.1. The van der Waals surface area contributed by atoms with Crippen LogP contribution in [-0.4, -0.2) is 43.2 Å². The predicted octanol–water partition coefficient (Wildman–Crippen LogP) is 1.66. The van der Waals surface area contributed by atoms with Crippen molar-refractivity contribution in [3.63, 3.8) is 0 Å². The van der Waals surface area contributed by atoms with Crippen molar-refractivity contribution < 1.29 is 9.53 Å². The summed E-state index contributed by atoms with van der Waals surface area (Å²) in [5.41, 5.74) is 1.78. The van der Waals surface area contributed by atoms with E-state index in [1.165, 1.54) is 7.11 Å². The number of carbonyl (C=O) groups is 1. The van der Waals surface area contributed by atoms with Crippen molar-refractivity contribution in [2.75, 3.05) is 20.2 Å². The maximum Gasteiger partial charge on any atom is 0.337 e. The highest BCUT2D eigenvalue weighted by atomic mass is 16.5. The number of methoxy groups -OCH3 is 1. The Bertz CT molecular complexity index is 438. The van der Waals surface area contributed by atoms with Gasteiger partial charge >= 0.3 is 5.97 Å². The van der Waals surface area contributed by atoms with Crippen LogP contribution in [0.2, 0.25) is 0 Å². The van der Waals surface area contributed by atoms with E-state index in [4.69, 9.17) is 4.74 Å². The summed E-state index contributed by atoms with van der Waals surface area (Å²) in [5.74, 6) is -0.275. The Hall–Kier alpha value is -1.39. The Balaban J connectivity index is 2.12. The number of hydrogen-bond acceptors (Lipinski definition) is 4. The van der Waals surface area contributed by atoms with E-state index >= 15 is 0 Å². The van der Waals surface area contributed by atoms with Gasteiger partial charge in [0.25, 0.3) is 0 Å². The second-order valence-electron chi connectivity index (χ2n) is 5.22. The normalized spacial score (nSPS) is 24.2. The smallest absolute Gasteiger partial charge is 0.337 e. The number of carbonyl (C=O) groups excluding carboxylic acids is 1. The lowest BCUT2D eigenvalue weighted by Crippen LogP contribution is -2.54. The molecule has 2 rings (SSSR count). The van der Waals surface area contributed by atoms with Gasteiger partial charge in [0.1, 0.15) is 0 Å². The van der Waals surface area contributed by atoms with E-state index in [-0.39, 0.29) is 5.97 Å². The molecule has 0 aromatic heterocycles. The molecule has 0 spiro atoms. The zero-order valence-electron chi connectivity index (χ0n) is 11.8. The van der Waals surface area contributed by atoms with Crippen molar-refractivity contribution in [2.45, 2.75) is 32.5 Å². The number of nitrogens with one attached hydrogen (secondary N) is 1. The molecular formula is C15H22N2O2. The Morgan fingerprint density at radius 1 is 1.37 bits per heavy atom. The zero-order valence-corrected chi connectivity index (χ0v) is 11.8. The fourth-order valence-corrected chi connectivity index (χ4v) is 2.61. The van der Waals surface area contributed by atoms with E-state index < -0.39 is 0 Å². The van der Waals surface area contributed by atoms with Crippen molar-refractivity contribution in [3.8, 4) is 0 Å². The molecule has 1 aromatic rings. The summed E-state index contributed by atoms with van der Waals surface area (Å²) in [6.45, 7) is 7.36. The molecule has 1 aromatic carbocycles. The molecule has 2 atom stereocenters. The lowest BCUT2D eigenvalue weighted by molar-refractivity contribution is 0.0600. The first-order chi connectivity index (χ1) is 9.11. The fourth-order valence-electron chi connectivity index (χ4n) is 2.61. The van der Waals surface area contributed by atoms with E-state index in [2.05, 4.69) is 30.1 Å². The van der Waals surface area contributed by atoms with Crippen molar-refractivity contribution in [3.05, 3.63) is 35.4 Å². The van der Waals surface area contributed by atoms with Gasteiger partial charge in [-0.1, -0.05) is 12.1 Å². The molecule has 1 aliphatic heterocycles. The van der Waals surface area contributed by atoms with Gasteiger partial charge in [-0.3, -0.25) is 4.90 Å². The van der Waals surface area contributed by atoms with Gasteiger partial charge in [-0.05, 0) is 31.5 Å². The Morgan fingerprint density at radius 2 is 2.05 bits per heavy atom. The van der Waals surface area contributed by atoms with E-state index in [0.717, 1.165) is 25.2 Å². The van der Waals surface area contributed by atoms with E-state index in [1.54, 1.807) is 6.07 Å². The second-order valence-corrected chi connectivity index (χ2v) is 5.22. The van der Waals surface area contributed by atoms with Crippen molar-refractivity contribution >= 4 is 5.97 Å². The topological polar surface area (TPSA) is 41.6 Å². The second kappa shape index (κ2) is 6.17. The third-order valence-corrected chi connectivity index (χ3v) is 3.73. The number of rotatable bonds is 3. The predicted molar refractivity (Wildman–Crippen MR) is 75.1 cm³/mol. The minimum absolute atomic E-state index is 0.275. The molecule has 1 heterocycles. The van der Waals surface area contributed by atoms with Crippen molar-refractivity contribution in [1.29, 1.82) is 0 Å². The molecule has 0 amide bonds. The largest absolute Gasteiger partial charge is 0.465 e. The van der Waals surface area contributed by atoms with Gasteiger partial charge in [0.15, 0.2) is 0 Å². The van der Waals surface area contributed by atoms with Crippen LogP contribution >= 0.6 is 0 Å². The summed E-state index contributed by atoms with van der Waals surface area (Å²) in [5, 5.41) is 3.42. The number of benzene rings is 1. The van der Waals surface area contributed by atoms with Crippen LogP contribution in [0.3, 0.4) is 0 Å². The van der Waals surface area contributed by atoms with Crippen LogP contribution < -0.4 is 5.32 Å². The van der Waals surface area contributed by atoms with Crippen LogP contribution in [0.25, 0.3) is 0 Å². The van der Waals surface area contributed by atoms with E-state index in [1.807, 2.05) is 12.1 Å². The standard InChI is InChI=1S/C15H22N2O2/c1-11-8-16-9-12(2)17(11)10-13-5-4-6-14(7-13)15(18)19-3/h4-7,11-12,16H,8-10H2,1-3H3/t11-,12+. The van der Waals surface area contributed by atoms with Crippen LogP contribution in [0.5, 0.6) is 0 Å². The summed E-state index contributed by atoms with van der Waals surface area (Å²) < 4.78 is 4.76. The van der Waals surface area contributed by atoms with Crippen LogP contribution in [-0.2, 0) is 11.3 Å². The van der Waals surface area contributed by atoms with Gasteiger partial charge < -0.3 is 10.1 Å². The van der Waals surface area contributed by atoms with Gasteiger partial charge in [-0.25, -0.2) is 4.79 Å². The molecule has 19 heavy (non-hydrogen) atoms. The van der Waals surface area contributed by atoms with Gasteiger partial charge in [0.05, 0.1) is 12.7 Å². The Kier molecular flexibility index (Phi) is 4.56. The van der Waals surface area contributed by atoms with E-state index in [9.17, 15) is 4.79 Å². The van der Waals surface area contributed by atoms with Gasteiger partial charge in [-0.15, -0.1) is 0 Å². The highest BCUT2D eigenvalue weighted by Crippen LogP contribution is 2.16. The van der Waals surface area contributed by atoms with Crippen LogP contribution in [0.15, 0.2) is 24.3 Å². The van der Waals surface area contributed by atoms with Crippen molar-refractivity contribution in [1.82, 2.24) is 10.2 Å². The average Bonchev–Trinajstić information content (AvgIpc) is 2.42. The minimum Gasteiger partial charge on any atom is -0.465 e. The highest BCUT2D eigenvalue weighted by Gasteiger charge is 2.24. The quantitative estimate of drug-likeness (QED) is 0.841. The molecule has 1 N–H and O–H groups in total. The molecule has 0 saturated carbocycles. The van der Waals surface area contributed by atoms with Crippen LogP contribution in [0, 0.1) is 0 Å². The summed E-state index contributed by atoms with van der Waals surface area (Å²) >= 11 is 0. The Labute approximate surface area is 114 Å². The summed E-state index contributed by atoms with van der Waals surface area (Å²) in [6.07, 6.45) is 0. The number of hydrogen-bond donors (Lipinski definition) is 1. The number of nitrogens with zero attached hydrogens (tertiary/aromatic N) is 1. The molecule has 104 valence electrons. The molecule has 0 aliphatic carbocycles. The molecule has 1 aliphatic rings. The zero-order chi connectivity index (χ0) is 13.8. The molecule has 1 saturated heterocycles. The molecule has 1 fully saturated rings. The summed E-state index contributed by atoms with van der Waals surface area (Å²) in [4.78, 5) is 14.0. The maximum absolute atomic E-state index is 11.5. The molecule has 4 nitrogen and oxygen atoms in total. The molecule has 4 heteroatoms. The minimum atomic E-state index is -0.275. The lowest BCUT2D eigenvalue weighted by Gasteiger charge is -2.39. The van der Waals surface area contributed by atoms with Gasteiger partial charge in [-0.2, -0.15) is 0 Å². The van der Waals surface area contributed by atoms with Crippen LogP contribution in [0.1, 0.15) is 29.8 Å². The SMILES string of the molecule is COC(=O)c1cccc(CN2[C@H](C)CNC[C@@H]2C)c1. The number of ether oxygens (including phenoxy) is 1. The van der Waals surface area contributed by atoms with Gasteiger partial charge in [0.2, 0.25) is 0 Å². The first kappa shape index (κ1) is 14.0.